The van der Waals surface area contributed by atoms with E-state index in [1.807, 2.05) is 12.1 Å². The van der Waals surface area contributed by atoms with Crippen LogP contribution >= 0.6 is 0 Å². The van der Waals surface area contributed by atoms with Gasteiger partial charge < -0.3 is 10.2 Å². The second kappa shape index (κ2) is 4.83. The SMILES string of the molecule is CN1C(=O)N(C)[C@@](O)(c2ccccc2)[C@]1(O)c1ccccc1. The summed E-state index contributed by atoms with van der Waals surface area (Å²) >= 11 is 0. The monoisotopic (exact) mass is 298 g/mol. The summed E-state index contributed by atoms with van der Waals surface area (Å²) in [6.07, 6.45) is 0. The van der Waals surface area contributed by atoms with Gasteiger partial charge in [-0.3, -0.25) is 9.80 Å². The van der Waals surface area contributed by atoms with Crippen molar-refractivity contribution in [3.63, 3.8) is 0 Å². The van der Waals surface area contributed by atoms with Crippen molar-refractivity contribution in [2.24, 2.45) is 0 Å². The molecule has 0 saturated carbocycles. The highest BCUT2D eigenvalue weighted by Crippen LogP contribution is 2.49. The van der Waals surface area contributed by atoms with Gasteiger partial charge in [-0.25, -0.2) is 4.79 Å². The van der Waals surface area contributed by atoms with Crippen LogP contribution in [0.3, 0.4) is 0 Å². The standard InChI is InChI=1S/C17H18N2O3/c1-18-15(20)19(2)17(22,14-11-7-4-8-12-14)16(18,21)13-9-5-3-6-10-13/h3-12,21-22H,1-2H3/t16-,17-/m1/s1. The molecule has 1 fully saturated rings. The van der Waals surface area contributed by atoms with Gasteiger partial charge in [-0.15, -0.1) is 0 Å². The number of benzene rings is 2. The Labute approximate surface area is 129 Å². The Bertz CT molecular complexity index is 632. The van der Waals surface area contributed by atoms with Gasteiger partial charge in [-0.05, 0) is 0 Å². The summed E-state index contributed by atoms with van der Waals surface area (Å²) in [6.45, 7) is 0. The Morgan fingerprint density at radius 2 is 1.05 bits per heavy atom. The maximum Gasteiger partial charge on any atom is 0.324 e. The molecule has 1 aliphatic heterocycles. The molecule has 1 heterocycles. The van der Waals surface area contributed by atoms with E-state index < -0.39 is 17.5 Å². The Kier molecular flexibility index (Phi) is 3.20. The number of carbonyl (C=O) groups is 1. The third-order valence-corrected chi connectivity index (χ3v) is 4.38. The van der Waals surface area contributed by atoms with E-state index in [2.05, 4.69) is 0 Å². The zero-order valence-electron chi connectivity index (χ0n) is 12.5. The molecule has 114 valence electrons. The molecule has 1 aliphatic rings. The number of nitrogens with zero attached hydrogens (tertiary/aromatic N) is 2. The highest BCUT2D eigenvalue weighted by molar-refractivity contribution is 5.79. The summed E-state index contributed by atoms with van der Waals surface area (Å²) in [5.41, 5.74) is -2.88. The number of carbonyl (C=O) groups excluding carboxylic acids is 1. The highest BCUT2D eigenvalue weighted by atomic mass is 16.4. The van der Waals surface area contributed by atoms with Gasteiger partial charge in [0.05, 0.1) is 0 Å². The minimum atomic E-state index is -1.89. The molecule has 5 heteroatoms. The van der Waals surface area contributed by atoms with Crippen LogP contribution in [0.2, 0.25) is 0 Å². The van der Waals surface area contributed by atoms with Crippen LogP contribution < -0.4 is 0 Å². The van der Waals surface area contributed by atoms with E-state index in [4.69, 9.17) is 0 Å². The number of rotatable bonds is 2. The van der Waals surface area contributed by atoms with Crippen molar-refractivity contribution in [3.8, 4) is 0 Å². The fourth-order valence-electron chi connectivity index (χ4n) is 3.10. The number of hydrogen-bond acceptors (Lipinski definition) is 3. The normalized spacial score (nSPS) is 28.3. The maximum atomic E-state index is 12.4. The van der Waals surface area contributed by atoms with Gasteiger partial charge in [0.25, 0.3) is 0 Å². The van der Waals surface area contributed by atoms with Crippen LogP contribution in [-0.4, -0.2) is 40.1 Å². The third-order valence-electron chi connectivity index (χ3n) is 4.38. The molecule has 0 aliphatic carbocycles. The van der Waals surface area contributed by atoms with Crippen LogP contribution in [-0.2, 0) is 11.4 Å². The Morgan fingerprint density at radius 3 is 1.36 bits per heavy atom. The van der Waals surface area contributed by atoms with E-state index in [-0.39, 0.29) is 0 Å². The number of hydrogen-bond donors (Lipinski definition) is 2. The summed E-state index contributed by atoms with van der Waals surface area (Å²) in [6, 6.07) is 17.0. The van der Waals surface area contributed by atoms with E-state index in [0.717, 1.165) is 9.80 Å². The lowest BCUT2D eigenvalue weighted by molar-refractivity contribution is -0.237. The van der Waals surface area contributed by atoms with Gasteiger partial charge in [0.15, 0.2) is 0 Å². The van der Waals surface area contributed by atoms with Crippen molar-refractivity contribution in [1.82, 2.24) is 9.80 Å². The quantitative estimate of drug-likeness (QED) is 0.886. The van der Waals surface area contributed by atoms with Crippen molar-refractivity contribution < 1.29 is 15.0 Å². The Balaban J connectivity index is 2.28. The molecule has 22 heavy (non-hydrogen) atoms. The first-order valence-electron chi connectivity index (χ1n) is 7.01. The highest BCUT2D eigenvalue weighted by Gasteiger charge is 2.66. The molecular weight excluding hydrogens is 280 g/mol. The minimum absolute atomic E-state index is 0.446. The molecule has 2 N–H and O–H groups in total. The lowest BCUT2D eigenvalue weighted by Crippen LogP contribution is -2.56. The number of urea groups is 1. The average molecular weight is 298 g/mol. The number of likely N-dealkylation sites (N-methyl/N-ethyl adjacent to an activating group) is 2. The van der Waals surface area contributed by atoms with Gasteiger partial charge in [0.1, 0.15) is 0 Å². The van der Waals surface area contributed by atoms with Gasteiger partial charge in [-0.2, -0.15) is 0 Å². The molecule has 0 aromatic heterocycles. The van der Waals surface area contributed by atoms with E-state index in [9.17, 15) is 15.0 Å². The van der Waals surface area contributed by atoms with Crippen LogP contribution in [0, 0.1) is 0 Å². The first kappa shape index (κ1) is 14.6. The van der Waals surface area contributed by atoms with E-state index in [1.165, 1.54) is 14.1 Å². The molecule has 0 radical (unpaired) electrons. The summed E-state index contributed by atoms with van der Waals surface area (Å²) < 4.78 is 0. The zero-order chi connectivity index (χ0) is 16.0. The molecule has 0 spiro atoms. The molecule has 1 saturated heterocycles. The average Bonchev–Trinajstić information content (AvgIpc) is 2.71. The molecule has 2 aromatic carbocycles. The van der Waals surface area contributed by atoms with Gasteiger partial charge in [0.2, 0.25) is 11.4 Å². The summed E-state index contributed by atoms with van der Waals surface area (Å²) in [5.74, 6) is 0. The molecule has 3 rings (SSSR count). The van der Waals surface area contributed by atoms with Crippen molar-refractivity contribution in [2.75, 3.05) is 14.1 Å². The molecule has 2 aromatic rings. The van der Waals surface area contributed by atoms with E-state index in [0.29, 0.717) is 11.1 Å². The van der Waals surface area contributed by atoms with Crippen LogP contribution in [0.25, 0.3) is 0 Å². The van der Waals surface area contributed by atoms with E-state index >= 15 is 0 Å². The Hall–Kier alpha value is -2.37. The zero-order valence-corrected chi connectivity index (χ0v) is 12.5. The lowest BCUT2D eigenvalue weighted by atomic mass is 9.86. The number of amides is 2. The molecule has 5 nitrogen and oxygen atoms in total. The van der Waals surface area contributed by atoms with Crippen LogP contribution in [0.1, 0.15) is 11.1 Å². The molecule has 2 atom stereocenters. The van der Waals surface area contributed by atoms with Gasteiger partial charge in [-0.1, -0.05) is 60.7 Å². The third kappa shape index (κ3) is 1.63. The van der Waals surface area contributed by atoms with Gasteiger partial charge in [0, 0.05) is 25.2 Å². The fourth-order valence-corrected chi connectivity index (χ4v) is 3.10. The summed E-state index contributed by atoms with van der Waals surface area (Å²) in [5, 5.41) is 22.7. The molecule has 2 amide bonds. The number of aliphatic hydroxyl groups is 2. The topological polar surface area (TPSA) is 64.0 Å². The predicted octanol–water partition coefficient (Wildman–Crippen LogP) is 1.67. The predicted molar refractivity (Wildman–Crippen MR) is 81.6 cm³/mol. The minimum Gasteiger partial charge on any atom is -0.363 e. The molecule has 0 unspecified atom stereocenters. The van der Waals surface area contributed by atoms with Crippen LogP contribution in [0.4, 0.5) is 4.79 Å². The van der Waals surface area contributed by atoms with Crippen LogP contribution in [0.5, 0.6) is 0 Å². The fraction of sp³-hybridized carbons (Fsp3) is 0.235. The Morgan fingerprint density at radius 1 is 0.727 bits per heavy atom. The second-order valence-corrected chi connectivity index (χ2v) is 5.48. The van der Waals surface area contributed by atoms with Crippen molar-refractivity contribution in [2.45, 2.75) is 11.4 Å². The first-order chi connectivity index (χ1) is 10.4. The van der Waals surface area contributed by atoms with Gasteiger partial charge >= 0.3 is 6.03 Å². The van der Waals surface area contributed by atoms with Crippen LogP contribution in [0.15, 0.2) is 60.7 Å². The summed E-state index contributed by atoms with van der Waals surface area (Å²) in [4.78, 5) is 14.7. The smallest absolute Gasteiger partial charge is 0.324 e. The maximum absolute atomic E-state index is 12.4. The first-order valence-corrected chi connectivity index (χ1v) is 7.01. The van der Waals surface area contributed by atoms with Crippen molar-refractivity contribution >= 4 is 6.03 Å². The second-order valence-electron chi connectivity index (χ2n) is 5.48. The summed E-state index contributed by atoms with van der Waals surface area (Å²) in [7, 11) is 2.96. The largest absolute Gasteiger partial charge is 0.363 e. The molecular formula is C17H18N2O3. The van der Waals surface area contributed by atoms with Crippen molar-refractivity contribution in [1.29, 1.82) is 0 Å². The lowest BCUT2D eigenvalue weighted by Gasteiger charge is -2.42. The van der Waals surface area contributed by atoms with E-state index in [1.54, 1.807) is 48.5 Å². The van der Waals surface area contributed by atoms with Crippen molar-refractivity contribution in [3.05, 3.63) is 71.8 Å². The molecule has 0 bridgehead atoms.